The molecule has 0 aliphatic heterocycles. The number of rotatable bonds is 7. The third kappa shape index (κ3) is 4.92. The zero-order valence-corrected chi connectivity index (χ0v) is 18.5. The van der Waals surface area contributed by atoms with Crippen molar-refractivity contribution in [2.45, 2.75) is 18.2 Å². The van der Waals surface area contributed by atoms with Gasteiger partial charge in [0.05, 0.1) is 16.3 Å². The molecule has 0 aliphatic rings. The first-order chi connectivity index (χ1) is 14.8. The van der Waals surface area contributed by atoms with E-state index in [1.807, 2.05) is 25.1 Å². The molecular weight excluding hydrogens is 437 g/mol. The normalized spacial score (nSPS) is 11.5. The van der Waals surface area contributed by atoms with Crippen LogP contribution in [0.2, 0.25) is 0 Å². The summed E-state index contributed by atoms with van der Waals surface area (Å²) in [6.07, 6.45) is 2.13. The molecule has 2 aromatic carbocycles. The van der Waals surface area contributed by atoms with Crippen molar-refractivity contribution in [3.63, 3.8) is 0 Å². The molecule has 0 amide bonds. The fourth-order valence-electron chi connectivity index (χ4n) is 3.00. The summed E-state index contributed by atoms with van der Waals surface area (Å²) >= 11 is 1.14. The molecule has 0 saturated heterocycles. The number of nitrogens with one attached hydrogen (secondary N) is 2. The van der Waals surface area contributed by atoms with Gasteiger partial charge in [-0.15, -0.1) is 11.3 Å². The van der Waals surface area contributed by atoms with Gasteiger partial charge in [-0.2, -0.15) is 5.10 Å². The number of nitrogens with zero attached hydrogens (tertiary/aromatic N) is 3. The van der Waals surface area contributed by atoms with Crippen LogP contribution >= 0.6 is 11.3 Å². The van der Waals surface area contributed by atoms with Gasteiger partial charge in [-0.25, -0.2) is 17.8 Å². The SMILES string of the molecule is Cc1ccc(Cc2cc(Nc3ccc(S(=O)(=O)Nc4nccs4)cc3F)n(C)n2)cc1. The van der Waals surface area contributed by atoms with E-state index in [0.717, 1.165) is 28.7 Å². The Kier molecular flexibility index (Phi) is 5.75. The molecule has 0 saturated carbocycles. The Hall–Kier alpha value is -3.24. The molecule has 31 heavy (non-hydrogen) atoms. The molecule has 0 spiro atoms. The van der Waals surface area contributed by atoms with Crippen molar-refractivity contribution in [2.75, 3.05) is 10.0 Å². The molecule has 10 heteroatoms. The maximum absolute atomic E-state index is 14.7. The lowest BCUT2D eigenvalue weighted by atomic mass is 10.1. The number of hydrogen-bond donors (Lipinski definition) is 2. The second-order valence-electron chi connectivity index (χ2n) is 7.02. The Bertz CT molecular complexity index is 1300. The first-order valence-electron chi connectivity index (χ1n) is 9.37. The van der Waals surface area contributed by atoms with Gasteiger partial charge in [-0.3, -0.25) is 9.40 Å². The highest BCUT2D eigenvalue weighted by Crippen LogP contribution is 2.25. The minimum Gasteiger partial charge on any atom is -0.338 e. The summed E-state index contributed by atoms with van der Waals surface area (Å²) in [5.41, 5.74) is 3.30. The zero-order chi connectivity index (χ0) is 22.0. The second kappa shape index (κ2) is 8.48. The van der Waals surface area contributed by atoms with E-state index in [-0.39, 0.29) is 15.7 Å². The molecular formula is C21H20FN5O2S2. The van der Waals surface area contributed by atoms with Crippen LogP contribution in [-0.4, -0.2) is 23.2 Å². The predicted octanol–water partition coefficient (Wildman–Crippen LogP) is 4.46. The quantitative estimate of drug-likeness (QED) is 0.428. The summed E-state index contributed by atoms with van der Waals surface area (Å²) in [7, 11) is -2.16. The predicted molar refractivity (Wildman–Crippen MR) is 120 cm³/mol. The van der Waals surface area contributed by atoms with E-state index in [4.69, 9.17) is 0 Å². The van der Waals surface area contributed by atoms with E-state index >= 15 is 0 Å². The highest BCUT2D eigenvalue weighted by atomic mass is 32.2. The number of sulfonamides is 1. The van der Waals surface area contributed by atoms with Crippen LogP contribution < -0.4 is 10.0 Å². The molecule has 4 rings (SSSR count). The van der Waals surface area contributed by atoms with Crippen LogP contribution in [-0.2, 0) is 23.5 Å². The van der Waals surface area contributed by atoms with Crippen molar-refractivity contribution in [1.29, 1.82) is 0 Å². The summed E-state index contributed by atoms with van der Waals surface area (Å²) < 4.78 is 43.5. The van der Waals surface area contributed by atoms with E-state index in [9.17, 15) is 12.8 Å². The number of anilines is 3. The van der Waals surface area contributed by atoms with Crippen molar-refractivity contribution >= 4 is 38.0 Å². The largest absolute Gasteiger partial charge is 0.338 e. The molecule has 0 unspecified atom stereocenters. The number of aromatic nitrogens is 3. The van der Waals surface area contributed by atoms with Gasteiger partial charge in [0.1, 0.15) is 11.6 Å². The molecule has 2 aromatic heterocycles. The van der Waals surface area contributed by atoms with E-state index in [0.29, 0.717) is 12.2 Å². The third-order valence-electron chi connectivity index (χ3n) is 4.60. The van der Waals surface area contributed by atoms with Crippen LogP contribution in [0.4, 0.5) is 21.0 Å². The molecule has 0 atom stereocenters. The van der Waals surface area contributed by atoms with Crippen molar-refractivity contribution in [3.8, 4) is 0 Å². The van der Waals surface area contributed by atoms with Crippen LogP contribution in [0.1, 0.15) is 16.8 Å². The average molecular weight is 458 g/mol. The van der Waals surface area contributed by atoms with Gasteiger partial charge in [0.2, 0.25) is 0 Å². The molecule has 4 aromatic rings. The fraction of sp³-hybridized carbons (Fsp3) is 0.143. The molecule has 0 radical (unpaired) electrons. The van der Waals surface area contributed by atoms with Gasteiger partial charge in [0.15, 0.2) is 5.13 Å². The van der Waals surface area contributed by atoms with Gasteiger partial charge >= 0.3 is 0 Å². The van der Waals surface area contributed by atoms with E-state index in [1.165, 1.54) is 23.9 Å². The molecule has 2 N–H and O–H groups in total. The summed E-state index contributed by atoms with van der Waals surface area (Å²) in [5, 5.41) is 9.32. The van der Waals surface area contributed by atoms with Crippen molar-refractivity contribution in [2.24, 2.45) is 7.05 Å². The van der Waals surface area contributed by atoms with Crippen molar-refractivity contribution in [1.82, 2.24) is 14.8 Å². The first kappa shape index (κ1) is 21.0. The molecule has 0 fully saturated rings. The zero-order valence-electron chi connectivity index (χ0n) is 16.8. The smallest absolute Gasteiger partial charge is 0.263 e. The van der Waals surface area contributed by atoms with E-state index < -0.39 is 15.8 Å². The monoisotopic (exact) mass is 457 g/mol. The average Bonchev–Trinajstić information content (AvgIpc) is 3.34. The van der Waals surface area contributed by atoms with Crippen molar-refractivity contribution < 1.29 is 12.8 Å². The number of thiazole rings is 1. The molecule has 160 valence electrons. The number of halogens is 1. The highest BCUT2D eigenvalue weighted by molar-refractivity contribution is 7.93. The van der Waals surface area contributed by atoms with Gasteiger partial charge in [-0.1, -0.05) is 29.8 Å². The minimum atomic E-state index is -3.92. The Morgan fingerprint density at radius 3 is 2.58 bits per heavy atom. The van der Waals surface area contributed by atoms with Gasteiger partial charge in [-0.05, 0) is 30.7 Å². The standard InChI is InChI=1S/C21H20FN5O2S2/c1-14-3-5-15(6-4-14)11-16-12-20(27(2)25-16)24-19-8-7-17(13-18(19)22)31(28,29)26-21-23-9-10-30-21/h3-10,12-13,24H,11H2,1-2H3,(H,23,26). The maximum atomic E-state index is 14.7. The second-order valence-corrected chi connectivity index (χ2v) is 9.59. The Morgan fingerprint density at radius 2 is 1.90 bits per heavy atom. The summed E-state index contributed by atoms with van der Waals surface area (Å²) in [4.78, 5) is 3.70. The Balaban J connectivity index is 1.51. The van der Waals surface area contributed by atoms with E-state index in [2.05, 4.69) is 32.3 Å². The highest BCUT2D eigenvalue weighted by Gasteiger charge is 2.18. The van der Waals surface area contributed by atoms with Gasteiger partial charge in [0.25, 0.3) is 10.0 Å². The van der Waals surface area contributed by atoms with Crippen LogP contribution in [0.5, 0.6) is 0 Å². The van der Waals surface area contributed by atoms with Crippen LogP contribution in [0, 0.1) is 12.7 Å². The number of hydrogen-bond acceptors (Lipinski definition) is 6. The van der Waals surface area contributed by atoms with Crippen LogP contribution in [0.15, 0.2) is 65.0 Å². The summed E-state index contributed by atoms with van der Waals surface area (Å²) in [5.74, 6) is -0.0965. The third-order valence-corrected chi connectivity index (χ3v) is 6.76. The Morgan fingerprint density at radius 1 is 1.13 bits per heavy atom. The molecule has 7 nitrogen and oxygen atoms in total. The fourth-order valence-corrected chi connectivity index (χ4v) is 4.80. The Labute approximate surface area is 183 Å². The van der Waals surface area contributed by atoms with Crippen LogP contribution in [0.3, 0.4) is 0 Å². The van der Waals surface area contributed by atoms with Gasteiger partial charge < -0.3 is 5.32 Å². The van der Waals surface area contributed by atoms with Crippen molar-refractivity contribution in [3.05, 3.63) is 82.7 Å². The minimum absolute atomic E-state index is 0.151. The molecule has 0 bridgehead atoms. The summed E-state index contributed by atoms with van der Waals surface area (Å²) in [6.45, 7) is 2.03. The van der Waals surface area contributed by atoms with Crippen LogP contribution in [0.25, 0.3) is 0 Å². The summed E-state index contributed by atoms with van der Waals surface area (Å²) in [6, 6.07) is 13.7. The number of benzene rings is 2. The molecule has 0 aliphatic carbocycles. The lowest BCUT2D eigenvalue weighted by molar-refractivity contribution is 0.596. The maximum Gasteiger partial charge on any atom is 0.263 e. The number of aryl methyl sites for hydroxylation is 2. The van der Waals surface area contributed by atoms with E-state index in [1.54, 1.807) is 17.1 Å². The lowest BCUT2D eigenvalue weighted by Gasteiger charge is -2.10. The molecule has 2 heterocycles. The first-order valence-corrected chi connectivity index (χ1v) is 11.7. The lowest BCUT2D eigenvalue weighted by Crippen LogP contribution is -2.13. The van der Waals surface area contributed by atoms with Gasteiger partial charge in [0, 0.05) is 31.1 Å². The topological polar surface area (TPSA) is 88.9 Å².